The number of aryl methyl sites for hydroxylation is 1. The fraction of sp³-hybridized carbons (Fsp3) is 0.0870. The number of ether oxygens (including phenoxy) is 2. The number of hydrogen-bond donors (Lipinski definition) is 0. The fourth-order valence-electron chi connectivity index (χ4n) is 2.95. The summed E-state index contributed by atoms with van der Waals surface area (Å²) in [4.78, 5) is 22.8. The first-order valence-electron chi connectivity index (χ1n) is 9.01. The second-order valence-corrected chi connectivity index (χ2v) is 6.72. The van der Waals surface area contributed by atoms with Crippen LogP contribution >= 0.6 is 0 Å². The van der Waals surface area contributed by atoms with Crippen LogP contribution in [0.2, 0.25) is 0 Å². The van der Waals surface area contributed by atoms with E-state index in [1.165, 1.54) is 12.1 Å². The van der Waals surface area contributed by atoms with Crippen molar-refractivity contribution in [3.05, 3.63) is 105 Å². The molecule has 0 atom stereocenters. The Morgan fingerprint density at radius 1 is 1.03 bits per heavy atom. The van der Waals surface area contributed by atoms with Gasteiger partial charge in [0.1, 0.15) is 18.1 Å². The maximum Gasteiger partial charge on any atom is 0.269 e. The standard InChI is InChI=1S/C23H17NO5/c1-15-2-4-16(5-3-15)12-22-23(25)20-11-10-19(13-21(20)29-22)28-14-17-6-8-18(9-7-17)24(26)27/h2-13H,14H2,1H3. The summed E-state index contributed by atoms with van der Waals surface area (Å²) in [6.07, 6.45) is 1.72. The number of ketones is 1. The molecule has 29 heavy (non-hydrogen) atoms. The van der Waals surface area contributed by atoms with Crippen molar-refractivity contribution in [1.82, 2.24) is 0 Å². The lowest BCUT2D eigenvalue weighted by molar-refractivity contribution is -0.384. The molecule has 6 heteroatoms. The van der Waals surface area contributed by atoms with Gasteiger partial charge in [-0.15, -0.1) is 0 Å². The number of allylic oxidation sites excluding steroid dienone is 1. The Bertz CT molecular complexity index is 1120. The van der Waals surface area contributed by atoms with Gasteiger partial charge in [-0.05, 0) is 48.4 Å². The van der Waals surface area contributed by atoms with Crippen molar-refractivity contribution >= 4 is 17.5 Å². The van der Waals surface area contributed by atoms with Crippen LogP contribution in [-0.2, 0) is 6.61 Å². The van der Waals surface area contributed by atoms with E-state index in [9.17, 15) is 14.9 Å². The number of benzene rings is 3. The van der Waals surface area contributed by atoms with Gasteiger partial charge in [0.15, 0.2) is 5.76 Å². The lowest BCUT2D eigenvalue weighted by atomic mass is 10.1. The largest absolute Gasteiger partial charge is 0.489 e. The SMILES string of the molecule is Cc1ccc(C=C2Oc3cc(OCc4ccc([N+](=O)[O-])cc4)ccc3C2=O)cc1. The Labute approximate surface area is 167 Å². The highest BCUT2D eigenvalue weighted by atomic mass is 16.6. The van der Waals surface area contributed by atoms with Gasteiger partial charge in [0.25, 0.3) is 5.69 Å². The minimum Gasteiger partial charge on any atom is -0.489 e. The Hall–Kier alpha value is -3.93. The molecule has 0 amide bonds. The number of nitrogens with zero attached hydrogens (tertiary/aromatic N) is 1. The van der Waals surface area contributed by atoms with E-state index in [0.717, 1.165) is 16.7 Å². The maximum atomic E-state index is 12.6. The minimum atomic E-state index is -0.443. The molecule has 3 aromatic rings. The van der Waals surface area contributed by atoms with E-state index >= 15 is 0 Å². The van der Waals surface area contributed by atoms with Crippen LogP contribution < -0.4 is 9.47 Å². The van der Waals surface area contributed by atoms with Gasteiger partial charge in [-0.25, -0.2) is 0 Å². The Morgan fingerprint density at radius 2 is 1.76 bits per heavy atom. The summed E-state index contributed by atoms with van der Waals surface area (Å²) in [7, 11) is 0. The molecule has 144 valence electrons. The monoisotopic (exact) mass is 387 g/mol. The molecule has 3 aromatic carbocycles. The van der Waals surface area contributed by atoms with Crippen molar-refractivity contribution in [2.24, 2.45) is 0 Å². The molecule has 1 aliphatic heterocycles. The third-order valence-corrected chi connectivity index (χ3v) is 4.57. The first-order valence-corrected chi connectivity index (χ1v) is 9.01. The normalized spacial score (nSPS) is 13.8. The number of carbonyl (C=O) groups excluding carboxylic acids is 1. The maximum absolute atomic E-state index is 12.6. The molecule has 0 fully saturated rings. The van der Waals surface area contributed by atoms with Gasteiger partial charge in [0.2, 0.25) is 5.78 Å². The first kappa shape index (κ1) is 18.4. The number of carbonyl (C=O) groups is 1. The summed E-state index contributed by atoms with van der Waals surface area (Å²) in [5.41, 5.74) is 3.36. The highest BCUT2D eigenvalue weighted by Gasteiger charge is 2.27. The third-order valence-electron chi connectivity index (χ3n) is 4.57. The highest BCUT2D eigenvalue weighted by molar-refractivity contribution is 6.14. The van der Waals surface area contributed by atoms with Crippen molar-refractivity contribution in [2.75, 3.05) is 0 Å². The summed E-state index contributed by atoms with van der Waals surface area (Å²) >= 11 is 0. The molecule has 1 heterocycles. The zero-order chi connectivity index (χ0) is 20.4. The van der Waals surface area contributed by atoms with Gasteiger partial charge < -0.3 is 9.47 Å². The van der Waals surface area contributed by atoms with Crippen molar-refractivity contribution in [1.29, 1.82) is 0 Å². The average Bonchev–Trinajstić information content (AvgIpc) is 3.03. The smallest absolute Gasteiger partial charge is 0.269 e. The number of Topliss-reactive ketones (excluding diaryl/α,β-unsaturated/α-hetero) is 1. The lowest BCUT2D eigenvalue weighted by Gasteiger charge is -2.07. The first-order chi connectivity index (χ1) is 14.0. The van der Waals surface area contributed by atoms with Gasteiger partial charge in [-0.1, -0.05) is 29.8 Å². The van der Waals surface area contributed by atoms with Crippen LogP contribution in [0.1, 0.15) is 27.0 Å². The van der Waals surface area contributed by atoms with E-state index in [0.29, 0.717) is 17.1 Å². The van der Waals surface area contributed by atoms with Crippen LogP contribution in [0.25, 0.3) is 6.08 Å². The van der Waals surface area contributed by atoms with Gasteiger partial charge in [-0.2, -0.15) is 0 Å². The third kappa shape index (κ3) is 4.01. The molecule has 0 aromatic heterocycles. The molecule has 0 saturated heterocycles. The molecule has 0 N–H and O–H groups in total. The molecular weight excluding hydrogens is 370 g/mol. The number of non-ortho nitro benzene ring substituents is 1. The van der Waals surface area contributed by atoms with Crippen molar-refractivity contribution in [3.63, 3.8) is 0 Å². The summed E-state index contributed by atoms with van der Waals surface area (Å²) in [5.74, 6) is 1.11. The Balaban J connectivity index is 1.47. The molecule has 0 spiro atoms. The predicted molar refractivity (Wildman–Crippen MR) is 108 cm³/mol. The molecule has 4 rings (SSSR count). The molecule has 0 unspecified atom stereocenters. The molecule has 0 saturated carbocycles. The average molecular weight is 387 g/mol. The zero-order valence-electron chi connectivity index (χ0n) is 15.6. The molecule has 6 nitrogen and oxygen atoms in total. The van der Waals surface area contributed by atoms with Gasteiger partial charge in [0.05, 0.1) is 10.5 Å². The van der Waals surface area contributed by atoms with Crippen molar-refractivity contribution in [3.8, 4) is 11.5 Å². The molecule has 0 aliphatic carbocycles. The van der Waals surface area contributed by atoms with Crippen LogP contribution in [-0.4, -0.2) is 10.7 Å². The number of rotatable bonds is 5. The number of fused-ring (bicyclic) bond motifs is 1. The van der Waals surface area contributed by atoms with Crippen LogP contribution in [0.4, 0.5) is 5.69 Å². The number of hydrogen-bond acceptors (Lipinski definition) is 5. The van der Waals surface area contributed by atoms with Crippen LogP contribution in [0.5, 0.6) is 11.5 Å². The molecule has 0 bridgehead atoms. The van der Waals surface area contributed by atoms with Gasteiger partial charge >= 0.3 is 0 Å². The predicted octanol–water partition coefficient (Wildman–Crippen LogP) is 5.10. The van der Waals surface area contributed by atoms with Crippen LogP contribution in [0.15, 0.2) is 72.5 Å². The van der Waals surface area contributed by atoms with E-state index in [1.54, 1.807) is 36.4 Å². The molecular formula is C23H17NO5. The summed E-state index contributed by atoms with van der Waals surface area (Å²) in [5, 5.41) is 10.7. The summed E-state index contributed by atoms with van der Waals surface area (Å²) in [6.45, 7) is 2.25. The Kier molecular flexibility index (Phi) is 4.83. The second-order valence-electron chi connectivity index (χ2n) is 6.72. The molecule has 1 aliphatic rings. The van der Waals surface area contributed by atoms with E-state index in [2.05, 4.69) is 0 Å². The molecule has 0 radical (unpaired) electrons. The number of nitro benzene ring substituents is 1. The van der Waals surface area contributed by atoms with Gasteiger partial charge in [-0.3, -0.25) is 14.9 Å². The zero-order valence-corrected chi connectivity index (χ0v) is 15.6. The number of nitro groups is 1. The van der Waals surface area contributed by atoms with Crippen molar-refractivity contribution < 1.29 is 19.2 Å². The quantitative estimate of drug-likeness (QED) is 0.346. The minimum absolute atomic E-state index is 0.0334. The van der Waals surface area contributed by atoms with Crippen LogP contribution in [0.3, 0.4) is 0 Å². The lowest BCUT2D eigenvalue weighted by Crippen LogP contribution is -1.98. The summed E-state index contributed by atoms with van der Waals surface area (Å²) < 4.78 is 11.5. The topological polar surface area (TPSA) is 78.7 Å². The summed E-state index contributed by atoms with van der Waals surface area (Å²) in [6, 6.07) is 19.0. The van der Waals surface area contributed by atoms with E-state index in [-0.39, 0.29) is 23.8 Å². The van der Waals surface area contributed by atoms with Crippen molar-refractivity contribution in [2.45, 2.75) is 13.5 Å². The fourth-order valence-corrected chi connectivity index (χ4v) is 2.95. The van der Waals surface area contributed by atoms with E-state index in [1.807, 2.05) is 31.2 Å². The van der Waals surface area contributed by atoms with Crippen LogP contribution in [0, 0.1) is 17.0 Å². The van der Waals surface area contributed by atoms with E-state index < -0.39 is 4.92 Å². The highest BCUT2D eigenvalue weighted by Crippen LogP contribution is 2.35. The van der Waals surface area contributed by atoms with Gasteiger partial charge in [0, 0.05) is 18.2 Å². The Morgan fingerprint density at radius 3 is 2.45 bits per heavy atom. The second kappa shape index (κ2) is 7.59. The van der Waals surface area contributed by atoms with E-state index in [4.69, 9.17) is 9.47 Å².